The first-order chi connectivity index (χ1) is 13.0. The van der Waals surface area contributed by atoms with Crippen LogP contribution in [0.5, 0.6) is 11.6 Å². The van der Waals surface area contributed by atoms with E-state index in [4.69, 9.17) is 4.74 Å². The summed E-state index contributed by atoms with van der Waals surface area (Å²) < 4.78 is 6.82. The minimum Gasteiger partial charge on any atom is -0.497 e. The van der Waals surface area contributed by atoms with Crippen LogP contribution in [0.3, 0.4) is 0 Å². The van der Waals surface area contributed by atoms with Crippen LogP contribution in [0.4, 0.5) is 5.69 Å². The molecule has 6 heteroatoms. The Hall–Kier alpha value is -3.41. The smallest absolute Gasteiger partial charge is 0.295 e. The number of allylic oxidation sites excluding steroid dienone is 2. The highest BCUT2D eigenvalue weighted by molar-refractivity contribution is 5.97. The maximum atomic E-state index is 12.3. The van der Waals surface area contributed by atoms with Crippen LogP contribution in [0.2, 0.25) is 0 Å². The number of carbonyl (C=O) groups is 1. The number of carbonyl (C=O) groups excluding carboxylic acids is 1. The highest BCUT2D eigenvalue weighted by Crippen LogP contribution is 2.38. The van der Waals surface area contributed by atoms with Crippen LogP contribution in [0, 0.1) is 0 Å². The Labute approximate surface area is 157 Å². The molecule has 0 bridgehead atoms. The Balaban J connectivity index is 1.96. The van der Waals surface area contributed by atoms with Crippen LogP contribution >= 0.6 is 0 Å². The summed E-state index contributed by atoms with van der Waals surface area (Å²) in [5, 5.41) is 19.2. The van der Waals surface area contributed by atoms with Crippen molar-refractivity contribution < 1.29 is 14.6 Å². The van der Waals surface area contributed by atoms with Crippen molar-refractivity contribution in [3.05, 3.63) is 65.7 Å². The lowest BCUT2D eigenvalue weighted by Crippen LogP contribution is -1.94. The lowest BCUT2D eigenvalue weighted by atomic mass is 10.2. The highest BCUT2D eigenvalue weighted by atomic mass is 16.5. The lowest BCUT2D eigenvalue weighted by molar-refractivity contribution is 0.0995. The Morgan fingerprint density at radius 3 is 2.52 bits per heavy atom. The van der Waals surface area contributed by atoms with E-state index in [1.807, 2.05) is 44.2 Å². The number of azo groups is 1. The zero-order valence-corrected chi connectivity index (χ0v) is 15.5. The SMILES string of the molecule is COc1ccc(C(=O)N=Nc2c(O)n(CC=C(C)C)c3ccccc23)cc1. The second-order valence-electron chi connectivity index (χ2n) is 6.32. The molecular weight excluding hydrogens is 342 g/mol. The number of fused-ring (bicyclic) bond motifs is 1. The summed E-state index contributed by atoms with van der Waals surface area (Å²) in [5.41, 5.74) is 2.66. The number of hydrogen-bond acceptors (Lipinski definition) is 4. The van der Waals surface area contributed by atoms with Crippen molar-refractivity contribution in [3.8, 4) is 11.6 Å². The van der Waals surface area contributed by atoms with Crippen molar-refractivity contribution >= 4 is 22.5 Å². The van der Waals surface area contributed by atoms with Crippen LogP contribution < -0.4 is 4.74 Å². The standard InChI is InChI=1S/C21H21N3O3/c1-14(2)12-13-24-18-7-5-4-6-17(18)19(21(24)26)22-23-20(25)15-8-10-16(27-3)11-9-15/h4-12,26H,13H2,1-3H3. The van der Waals surface area contributed by atoms with Gasteiger partial charge in [0.25, 0.3) is 5.91 Å². The van der Waals surface area contributed by atoms with Crippen LogP contribution in [0.15, 0.2) is 70.4 Å². The maximum Gasteiger partial charge on any atom is 0.295 e. The van der Waals surface area contributed by atoms with Crippen molar-refractivity contribution in [3.63, 3.8) is 0 Å². The number of rotatable bonds is 5. The summed E-state index contributed by atoms with van der Waals surface area (Å²) in [6.45, 7) is 4.50. The average Bonchev–Trinajstić information content (AvgIpc) is 2.95. The molecule has 0 spiro atoms. The van der Waals surface area contributed by atoms with Gasteiger partial charge in [0.05, 0.1) is 12.6 Å². The van der Waals surface area contributed by atoms with Gasteiger partial charge in [-0.1, -0.05) is 29.8 Å². The molecule has 3 aromatic rings. The number of amides is 1. The van der Waals surface area contributed by atoms with Gasteiger partial charge in [0.2, 0.25) is 5.88 Å². The summed E-state index contributed by atoms with van der Waals surface area (Å²) >= 11 is 0. The average molecular weight is 363 g/mol. The van der Waals surface area contributed by atoms with Gasteiger partial charge in [-0.15, -0.1) is 10.2 Å². The van der Waals surface area contributed by atoms with E-state index < -0.39 is 5.91 Å². The van der Waals surface area contributed by atoms with Crippen molar-refractivity contribution in [2.75, 3.05) is 7.11 Å². The minimum absolute atomic E-state index is 0.0139. The molecule has 0 aliphatic rings. The van der Waals surface area contributed by atoms with Gasteiger partial charge in [-0.25, -0.2) is 0 Å². The van der Waals surface area contributed by atoms with Gasteiger partial charge in [-0.2, -0.15) is 0 Å². The molecule has 0 fully saturated rings. The first kappa shape index (κ1) is 18.4. The van der Waals surface area contributed by atoms with Crippen LogP contribution in [0.1, 0.15) is 24.2 Å². The molecule has 2 aromatic carbocycles. The summed E-state index contributed by atoms with van der Waals surface area (Å²) in [6.07, 6.45) is 2.01. The molecule has 1 N–H and O–H groups in total. The van der Waals surface area contributed by atoms with Crippen LogP contribution in [-0.2, 0) is 6.54 Å². The number of hydrogen-bond donors (Lipinski definition) is 1. The van der Waals surface area contributed by atoms with Crippen molar-refractivity contribution in [1.29, 1.82) is 0 Å². The van der Waals surface area contributed by atoms with Gasteiger partial charge in [0, 0.05) is 17.5 Å². The molecule has 0 saturated carbocycles. The Bertz CT molecular complexity index is 1030. The molecule has 0 radical (unpaired) electrons. The fourth-order valence-electron chi connectivity index (χ4n) is 2.72. The quantitative estimate of drug-likeness (QED) is 0.497. The van der Waals surface area contributed by atoms with E-state index in [2.05, 4.69) is 10.2 Å². The van der Waals surface area contributed by atoms with Gasteiger partial charge >= 0.3 is 0 Å². The maximum absolute atomic E-state index is 12.3. The third-order valence-electron chi connectivity index (χ3n) is 4.18. The van der Waals surface area contributed by atoms with Crippen molar-refractivity contribution in [2.45, 2.75) is 20.4 Å². The zero-order valence-electron chi connectivity index (χ0n) is 15.5. The second-order valence-corrected chi connectivity index (χ2v) is 6.32. The Morgan fingerprint density at radius 2 is 1.85 bits per heavy atom. The van der Waals surface area contributed by atoms with Crippen LogP contribution in [0.25, 0.3) is 10.9 Å². The second kappa shape index (κ2) is 7.86. The number of ether oxygens (including phenoxy) is 1. The molecule has 3 rings (SSSR count). The predicted molar refractivity (Wildman–Crippen MR) is 105 cm³/mol. The highest BCUT2D eigenvalue weighted by Gasteiger charge is 2.16. The number of aromatic nitrogens is 1. The molecule has 1 amide bonds. The Morgan fingerprint density at radius 1 is 1.15 bits per heavy atom. The number of para-hydroxylation sites is 1. The van der Waals surface area contributed by atoms with Gasteiger partial charge in [0.15, 0.2) is 5.69 Å². The molecule has 0 aliphatic carbocycles. The first-order valence-electron chi connectivity index (χ1n) is 8.55. The van der Waals surface area contributed by atoms with Gasteiger partial charge in [0.1, 0.15) is 5.75 Å². The van der Waals surface area contributed by atoms with E-state index in [0.29, 0.717) is 17.9 Å². The molecule has 0 unspecified atom stereocenters. The fourth-order valence-corrected chi connectivity index (χ4v) is 2.72. The number of methoxy groups -OCH3 is 1. The van der Waals surface area contributed by atoms with E-state index in [0.717, 1.165) is 16.5 Å². The van der Waals surface area contributed by atoms with E-state index in [-0.39, 0.29) is 11.6 Å². The van der Waals surface area contributed by atoms with E-state index in [9.17, 15) is 9.90 Å². The van der Waals surface area contributed by atoms with E-state index in [1.54, 1.807) is 35.9 Å². The molecule has 1 aromatic heterocycles. The molecular formula is C21H21N3O3. The largest absolute Gasteiger partial charge is 0.497 e. The minimum atomic E-state index is -0.488. The van der Waals surface area contributed by atoms with Crippen LogP contribution in [-0.4, -0.2) is 22.7 Å². The zero-order chi connectivity index (χ0) is 19.4. The van der Waals surface area contributed by atoms with Gasteiger partial charge in [-0.3, -0.25) is 4.79 Å². The summed E-state index contributed by atoms with van der Waals surface area (Å²) in [6, 6.07) is 14.1. The molecule has 6 nitrogen and oxygen atoms in total. The van der Waals surface area contributed by atoms with Crippen molar-refractivity contribution in [1.82, 2.24) is 4.57 Å². The Kier molecular flexibility index (Phi) is 5.35. The van der Waals surface area contributed by atoms with Gasteiger partial charge < -0.3 is 14.4 Å². The number of benzene rings is 2. The third-order valence-corrected chi connectivity index (χ3v) is 4.18. The summed E-state index contributed by atoms with van der Waals surface area (Å²) in [4.78, 5) is 12.3. The van der Waals surface area contributed by atoms with E-state index >= 15 is 0 Å². The molecule has 0 saturated heterocycles. The molecule has 27 heavy (non-hydrogen) atoms. The number of nitrogens with zero attached hydrogens (tertiary/aromatic N) is 3. The van der Waals surface area contributed by atoms with Gasteiger partial charge in [-0.05, 0) is 44.2 Å². The lowest BCUT2D eigenvalue weighted by Gasteiger charge is -2.03. The summed E-state index contributed by atoms with van der Waals surface area (Å²) in [7, 11) is 1.56. The molecule has 0 aliphatic heterocycles. The first-order valence-corrected chi connectivity index (χ1v) is 8.55. The van der Waals surface area contributed by atoms with Crippen molar-refractivity contribution in [2.24, 2.45) is 10.2 Å². The normalized spacial score (nSPS) is 11.1. The molecule has 0 atom stereocenters. The van der Waals surface area contributed by atoms with E-state index in [1.165, 1.54) is 0 Å². The monoisotopic (exact) mass is 363 g/mol. The predicted octanol–water partition coefficient (Wildman–Crippen LogP) is 5.25. The molecule has 138 valence electrons. The third kappa shape index (κ3) is 3.89. The summed E-state index contributed by atoms with van der Waals surface area (Å²) in [5.74, 6) is 0.154. The topological polar surface area (TPSA) is 76.2 Å². The molecule has 1 heterocycles. The fraction of sp³-hybridized carbons (Fsp3) is 0.190. The number of aromatic hydroxyl groups is 1.